The maximum Gasteiger partial charge on any atom is 0.247 e. The van der Waals surface area contributed by atoms with E-state index in [1.54, 1.807) is 4.68 Å². The Morgan fingerprint density at radius 3 is 2.83 bits per heavy atom. The number of hydrogen-bond donors (Lipinski definition) is 0. The van der Waals surface area contributed by atoms with Crippen LogP contribution < -0.4 is 0 Å². The van der Waals surface area contributed by atoms with Gasteiger partial charge in [-0.05, 0) is 26.8 Å². The molecular formula is C16H23N5OS. The zero-order chi connectivity index (χ0) is 16.6. The molecule has 2 aromatic heterocycles. The van der Waals surface area contributed by atoms with Crippen molar-refractivity contribution >= 4 is 17.7 Å². The molecule has 3 rings (SSSR count). The Labute approximate surface area is 140 Å². The van der Waals surface area contributed by atoms with Crippen LogP contribution in [0.1, 0.15) is 36.0 Å². The van der Waals surface area contributed by atoms with Gasteiger partial charge in [0.1, 0.15) is 6.04 Å². The first-order chi connectivity index (χ1) is 11.0. The number of carbonyl (C=O) groups excluding carboxylic acids is 1. The molecule has 0 N–H and O–H groups in total. The molecular weight excluding hydrogens is 310 g/mol. The van der Waals surface area contributed by atoms with Gasteiger partial charge in [0.2, 0.25) is 5.91 Å². The van der Waals surface area contributed by atoms with Crippen molar-refractivity contribution in [3.63, 3.8) is 0 Å². The summed E-state index contributed by atoms with van der Waals surface area (Å²) in [7, 11) is 1.91. The van der Waals surface area contributed by atoms with Gasteiger partial charge in [0.25, 0.3) is 0 Å². The van der Waals surface area contributed by atoms with Gasteiger partial charge < -0.3 is 4.90 Å². The molecule has 0 saturated carbocycles. The summed E-state index contributed by atoms with van der Waals surface area (Å²) in [6, 6.07) is 1.81. The second-order valence-corrected chi connectivity index (χ2v) is 7.27. The predicted molar refractivity (Wildman–Crippen MR) is 91.4 cm³/mol. The summed E-state index contributed by atoms with van der Waals surface area (Å²) in [4.78, 5) is 15.1. The summed E-state index contributed by atoms with van der Waals surface area (Å²) >= 11 is 1.89. The molecule has 1 fully saturated rings. The minimum absolute atomic E-state index is 0.0920. The second-order valence-electron chi connectivity index (χ2n) is 6.12. The van der Waals surface area contributed by atoms with Crippen molar-refractivity contribution in [3.05, 3.63) is 35.4 Å². The summed E-state index contributed by atoms with van der Waals surface area (Å²) in [5.74, 6) is 2.03. The highest BCUT2D eigenvalue weighted by Gasteiger charge is 2.33. The van der Waals surface area contributed by atoms with Gasteiger partial charge >= 0.3 is 0 Å². The number of hydrogen-bond acceptors (Lipinski definition) is 4. The Hall–Kier alpha value is -1.76. The monoisotopic (exact) mass is 333 g/mol. The first-order valence-electron chi connectivity index (χ1n) is 7.87. The largest absolute Gasteiger partial charge is 0.332 e. The minimum Gasteiger partial charge on any atom is -0.332 e. The second kappa shape index (κ2) is 6.39. The van der Waals surface area contributed by atoms with Crippen LogP contribution in [0.15, 0.2) is 18.5 Å². The molecule has 6 nitrogen and oxygen atoms in total. The van der Waals surface area contributed by atoms with Crippen LogP contribution in [0.4, 0.5) is 0 Å². The van der Waals surface area contributed by atoms with Gasteiger partial charge in [-0.2, -0.15) is 22.0 Å². The number of nitrogens with zero attached hydrogens (tertiary/aromatic N) is 5. The first kappa shape index (κ1) is 16.1. The van der Waals surface area contributed by atoms with Crippen molar-refractivity contribution in [2.24, 2.45) is 7.05 Å². The highest BCUT2D eigenvalue weighted by molar-refractivity contribution is 7.99. The van der Waals surface area contributed by atoms with Crippen LogP contribution in [0, 0.1) is 13.8 Å². The van der Waals surface area contributed by atoms with Crippen LogP contribution >= 0.6 is 11.8 Å². The highest BCUT2D eigenvalue weighted by Crippen LogP contribution is 2.31. The van der Waals surface area contributed by atoms with Crippen molar-refractivity contribution in [3.8, 4) is 0 Å². The molecule has 0 bridgehead atoms. The Bertz CT molecular complexity index is 707. The van der Waals surface area contributed by atoms with E-state index in [0.29, 0.717) is 0 Å². The van der Waals surface area contributed by atoms with Crippen LogP contribution in [0.5, 0.6) is 0 Å². The quantitative estimate of drug-likeness (QED) is 0.863. The smallest absolute Gasteiger partial charge is 0.247 e. The third kappa shape index (κ3) is 3.15. The maximum atomic E-state index is 13.1. The predicted octanol–water partition coefficient (Wildman–Crippen LogP) is 2.11. The van der Waals surface area contributed by atoms with Crippen LogP contribution in [-0.4, -0.2) is 48.4 Å². The first-order valence-corrected chi connectivity index (χ1v) is 9.02. The molecule has 1 saturated heterocycles. The van der Waals surface area contributed by atoms with Gasteiger partial charge in [-0.15, -0.1) is 0 Å². The lowest BCUT2D eigenvalue weighted by Gasteiger charge is -2.36. The third-order valence-corrected chi connectivity index (χ3v) is 5.31. The molecule has 1 aliphatic heterocycles. The molecule has 124 valence electrons. The van der Waals surface area contributed by atoms with E-state index in [1.165, 1.54) is 0 Å². The van der Waals surface area contributed by atoms with E-state index in [1.807, 2.05) is 67.6 Å². The Morgan fingerprint density at radius 2 is 2.22 bits per heavy atom. The van der Waals surface area contributed by atoms with E-state index in [2.05, 4.69) is 10.2 Å². The van der Waals surface area contributed by atoms with Crippen molar-refractivity contribution < 1.29 is 4.79 Å². The van der Waals surface area contributed by atoms with E-state index in [0.717, 1.165) is 35.0 Å². The molecule has 7 heteroatoms. The fraction of sp³-hybridized carbons (Fsp3) is 0.562. The molecule has 0 radical (unpaired) electrons. The van der Waals surface area contributed by atoms with Gasteiger partial charge in [-0.3, -0.25) is 14.2 Å². The van der Waals surface area contributed by atoms with Gasteiger partial charge in [0.05, 0.1) is 17.9 Å². The maximum absolute atomic E-state index is 13.1. The van der Waals surface area contributed by atoms with Crippen LogP contribution in [-0.2, 0) is 11.8 Å². The summed E-state index contributed by atoms with van der Waals surface area (Å²) in [5, 5.41) is 8.73. The summed E-state index contributed by atoms with van der Waals surface area (Å²) in [6.07, 6.45) is 3.87. The molecule has 1 amide bonds. The van der Waals surface area contributed by atoms with E-state index in [9.17, 15) is 4.79 Å². The lowest BCUT2D eigenvalue weighted by molar-refractivity contribution is -0.136. The van der Waals surface area contributed by atoms with Crippen LogP contribution in [0.2, 0.25) is 0 Å². The standard InChI is InChI=1S/C16H23N5OS/c1-11-7-12(2)21(18-11)13(3)16(22)20-5-6-23-10-15(20)14-8-17-19(4)9-14/h7-9,13,15H,5-6,10H2,1-4H3. The van der Waals surface area contributed by atoms with Gasteiger partial charge in [0.15, 0.2) is 0 Å². The topological polar surface area (TPSA) is 56.0 Å². The van der Waals surface area contributed by atoms with Crippen molar-refractivity contribution in [2.45, 2.75) is 32.9 Å². The normalized spacial score (nSPS) is 19.8. The van der Waals surface area contributed by atoms with E-state index in [-0.39, 0.29) is 18.0 Å². The van der Waals surface area contributed by atoms with Crippen molar-refractivity contribution in [2.75, 3.05) is 18.1 Å². The SMILES string of the molecule is Cc1cc(C)n(C(C)C(=O)N2CCSCC2c2cnn(C)c2)n1. The van der Waals surface area contributed by atoms with Crippen molar-refractivity contribution in [1.29, 1.82) is 0 Å². The number of aromatic nitrogens is 4. The van der Waals surface area contributed by atoms with Crippen LogP contribution in [0.25, 0.3) is 0 Å². The molecule has 0 aromatic carbocycles. The fourth-order valence-electron chi connectivity index (χ4n) is 3.14. The number of carbonyl (C=O) groups is 1. The lowest BCUT2D eigenvalue weighted by Crippen LogP contribution is -2.44. The summed E-state index contributed by atoms with van der Waals surface area (Å²) in [5.41, 5.74) is 3.07. The summed E-state index contributed by atoms with van der Waals surface area (Å²) < 4.78 is 3.63. The number of aryl methyl sites for hydroxylation is 3. The van der Waals surface area contributed by atoms with Crippen molar-refractivity contribution in [1.82, 2.24) is 24.5 Å². The van der Waals surface area contributed by atoms with Gasteiger partial charge in [-0.25, -0.2) is 0 Å². The fourth-order valence-corrected chi connectivity index (χ4v) is 4.23. The third-order valence-electron chi connectivity index (χ3n) is 4.29. The van der Waals surface area contributed by atoms with E-state index in [4.69, 9.17) is 0 Å². The number of thioether (sulfide) groups is 1. The molecule has 2 atom stereocenters. The number of rotatable bonds is 3. The lowest BCUT2D eigenvalue weighted by atomic mass is 10.1. The zero-order valence-corrected chi connectivity index (χ0v) is 14.9. The Balaban J connectivity index is 1.85. The molecule has 3 heterocycles. The molecule has 23 heavy (non-hydrogen) atoms. The average molecular weight is 333 g/mol. The highest BCUT2D eigenvalue weighted by atomic mass is 32.2. The molecule has 1 aliphatic rings. The number of amides is 1. The molecule has 2 aromatic rings. The Kier molecular flexibility index (Phi) is 4.48. The Morgan fingerprint density at radius 1 is 1.43 bits per heavy atom. The van der Waals surface area contributed by atoms with E-state index < -0.39 is 0 Å². The molecule has 0 aliphatic carbocycles. The van der Waals surface area contributed by atoms with Gasteiger partial charge in [-0.1, -0.05) is 0 Å². The summed E-state index contributed by atoms with van der Waals surface area (Å²) in [6.45, 7) is 6.65. The van der Waals surface area contributed by atoms with Crippen LogP contribution in [0.3, 0.4) is 0 Å². The minimum atomic E-state index is -0.286. The molecule has 2 unspecified atom stereocenters. The molecule has 0 spiro atoms. The van der Waals surface area contributed by atoms with Gasteiger partial charge in [0, 0.05) is 42.6 Å². The average Bonchev–Trinajstić information content (AvgIpc) is 3.11. The zero-order valence-electron chi connectivity index (χ0n) is 14.1. The van der Waals surface area contributed by atoms with E-state index >= 15 is 0 Å².